The number of rotatable bonds is 8. The van der Waals surface area contributed by atoms with Gasteiger partial charge in [0.2, 0.25) is 0 Å². The van der Waals surface area contributed by atoms with Crippen LogP contribution in [0.4, 0.5) is 13.2 Å². The molecule has 0 spiro atoms. The van der Waals surface area contributed by atoms with E-state index >= 15 is 0 Å². The van der Waals surface area contributed by atoms with Gasteiger partial charge in [-0.05, 0) is 60.8 Å². The average molecular weight is 518 g/mol. The number of sulfone groups is 1. The highest BCUT2D eigenvalue weighted by Gasteiger charge is 2.35. The number of nitrogens with one attached hydrogen (secondary N) is 1. The SMILES string of the molecule is CCS(=O)(=O)c1ccc(Cl)cc1CNC(=O)c1ccc(CN2CCCC2CN)c(C(F)(F)F)c1. The summed E-state index contributed by atoms with van der Waals surface area (Å²) in [4.78, 5) is 14.6. The minimum Gasteiger partial charge on any atom is -0.348 e. The van der Waals surface area contributed by atoms with E-state index in [0.29, 0.717) is 13.1 Å². The van der Waals surface area contributed by atoms with E-state index in [0.717, 1.165) is 18.9 Å². The van der Waals surface area contributed by atoms with Gasteiger partial charge >= 0.3 is 6.18 Å². The summed E-state index contributed by atoms with van der Waals surface area (Å²) >= 11 is 5.98. The molecule has 2 aromatic carbocycles. The molecule has 0 saturated carbocycles. The number of benzene rings is 2. The van der Waals surface area contributed by atoms with E-state index in [2.05, 4.69) is 5.32 Å². The van der Waals surface area contributed by atoms with E-state index in [-0.39, 0.29) is 51.5 Å². The summed E-state index contributed by atoms with van der Waals surface area (Å²) < 4.78 is 66.1. The fraction of sp³-hybridized carbons (Fsp3) is 0.435. The summed E-state index contributed by atoms with van der Waals surface area (Å²) in [5, 5.41) is 2.79. The first-order valence-corrected chi connectivity index (χ1v) is 12.9. The van der Waals surface area contributed by atoms with Gasteiger partial charge in [-0.1, -0.05) is 24.6 Å². The third-order valence-electron chi connectivity index (χ3n) is 6.00. The van der Waals surface area contributed by atoms with Gasteiger partial charge in [0.15, 0.2) is 9.84 Å². The molecule has 0 aromatic heterocycles. The fourth-order valence-electron chi connectivity index (χ4n) is 4.13. The van der Waals surface area contributed by atoms with Crippen molar-refractivity contribution in [3.63, 3.8) is 0 Å². The molecule has 3 N–H and O–H groups in total. The predicted octanol–water partition coefficient (Wildman–Crippen LogP) is 4.01. The molecule has 6 nitrogen and oxygen atoms in total. The summed E-state index contributed by atoms with van der Waals surface area (Å²) in [7, 11) is -3.58. The van der Waals surface area contributed by atoms with Crippen molar-refractivity contribution < 1.29 is 26.4 Å². The van der Waals surface area contributed by atoms with Crippen LogP contribution in [0, 0.1) is 0 Å². The zero-order valence-electron chi connectivity index (χ0n) is 18.7. The molecular formula is C23H27ClF3N3O3S. The van der Waals surface area contributed by atoms with Crippen LogP contribution < -0.4 is 11.1 Å². The second-order valence-corrected chi connectivity index (χ2v) is 10.9. The minimum absolute atomic E-state index is 0.0195. The quantitative estimate of drug-likeness (QED) is 0.552. The Balaban J connectivity index is 1.83. The van der Waals surface area contributed by atoms with Gasteiger partial charge < -0.3 is 11.1 Å². The lowest BCUT2D eigenvalue weighted by Crippen LogP contribution is -2.35. The molecule has 2 aromatic rings. The average Bonchev–Trinajstić information content (AvgIpc) is 3.24. The van der Waals surface area contributed by atoms with Crippen molar-refractivity contribution in [1.82, 2.24) is 10.2 Å². The van der Waals surface area contributed by atoms with Gasteiger partial charge in [-0.25, -0.2) is 8.42 Å². The van der Waals surface area contributed by atoms with Gasteiger partial charge in [-0.3, -0.25) is 9.69 Å². The van der Waals surface area contributed by atoms with Crippen molar-refractivity contribution in [1.29, 1.82) is 0 Å². The maximum Gasteiger partial charge on any atom is 0.416 e. The second kappa shape index (κ2) is 10.6. The third kappa shape index (κ3) is 6.10. The van der Waals surface area contributed by atoms with Crippen LogP contribution in [-0.2, 0) is 29.1 Å². The summed E-state index contributed by atoms with van der Waals surface area (Å²) in [6.45, 7) is 2.43. The Morgan fingerprint density at radius 3 is 2.59 bits per heavy atom. The highest BCUT2D eigenvalue weighted by Crippen LogP contribution is 2.34. The molecule has 186 valence electrons. The number of nitrogens with zero attached hydrogens (tertiary/aromatic N) is 1. The standard InChI is InChI=1S/C23H27ClF3N3O3S/c1-2-34(32,33)21-8-7-18(24)10-17(21)13-29-22(31)15-5-6-16(20(11-15)23(25,26)27)14-30-9-3-4-19(30)12-28/h5-8,10-11,19H,2-4,9,12-14,28H2,1H3,(H,29,31). The normalized spacial score (nSPS) is 17.2. The lowest BCUT2D eigenvalue weighted by Gasteiger charge is -2.25. The van der Waals surface area contributed by atoms with Crippen molar-refractivity contribution in [2.24, 2.45) is 5.73 Å². The molecule has 1 heterocycles. The molecule has 1 aliphatic heterocycles. The number of hydrogen-bond acceptors (Lipinski definition) is 5. The van der Waals surface area contributed by atoms with E-state index in [4.69, 9.17) is 17.3 Å². The molecule has 1 aliphatic rings. The largest absolute Gasteiger partial charge is 0.416 e. The molecular weight excluding hydrogens is 491 g/mol. The number of halogens is 4. The zero-order valence-corrected chi connectivity index (χ0v) is 20.2. The van der Waals surface area contributed by atoms with Gasteiger partial charge in [0.25, 0.3) is 5.91 Å². The molecule has 1 fully saturated rings. The van der Waals surface area contributed by atoms with Crippen molar-refractivity contribution in [3.05, 3.63) is 63.7 Å². The van der Waals surface area contributed by atoms with E-state index in [1.807, 2.05) is 4.90 Å². The number of carbonyl (C=O) groups excluding carboxylic acids is 1. The molecule has 1 unspecified atom stereocenters. The van der Waals surface area contributed by atoms with Crippen LogP contribution in [-0.4, -0.2) is 44.1 Å². The van der Waals surface area contributed by atoms with Crippen LogP contribution >= 0.6 is 11.6 Å². The summed E-state index contributed by atoms with van der Waals surface area (Å²) in [6, 6.07) is 7.73. The van der Waals surface area contributed by atoms with Gasteiger partial charge in [0.05, 0.1) is 16.2 Å². The Morgan fingerprint density at radius 2 is 1.94 bits per heavy atom. The number of amides is 1. The van der Waals surface area contributed by atoms with Crippen LogP contribution in [0.25, 0.3) is 0 Å². The van der Waals surface area contributed by atoms with E-state index in [1.165, 1.54) is 37.3 Å². The first kappa shape index (κ1) is 26.5. The van der Waals surface area contributed by atoms with Crippen molar-refractivity contribution in [3.8, 4) is 0 Å². The second-order valence-electron chi connectivity index (χ2n) is 8.21. The number of carbonyl (C=O) groups is 1. The van der Waals surface area contributed by atoms with Crippen molar-refractivity contribution >= 4 is 27.3 Å². The molecule has 34 heavy (non-hydrogen) atoms. The molecule has 1 amide bonds. The molecule has 1 atom stereocenters. The Bertz CT molecular complexity index is 1160. The Hall–Kier alpha value is -2.14. The number of hydrogen-bond donors (Lipinski definition) is 2. The lowest BCUT2D eigenvalue weighted by molar-refractivity contribution is -0.138. The zero-order chi connectivity index (χ0) is 25.1. The maximum atomic E-state index is 13.8. The van der Waals surface area contributed by atoms with Gasteiger partial charge in [0, 0.05) is 36.3 Å². The molecule has 1 saturated heterocycles. The highest BCUT2D eigenvalue weighted by atomic mass is 35.5. The van der Waals surface area contributed by atoms with Crippen molar-refractivity contribution in [2.75, 3.05) is 18.8 Å². The van der Waals surface area contributed by atoms with E-state index < -0.39 is 27.5 Å². The molecule has 0 radical (unpaired) electrons. The monoisotopic (exact) mass is 517 g/mol. The molecule has 3 rings (SSSR count). The smallest absolute Gasteiger partial charge is 0.348 e. The van der Waals surface area contributed by atoms with Gasteiger partial charge in [0.1, 0.15) is 0 Å². The topological polar surface area (TPSA) is 92.5 Å². The minimum atomic E-state index is -4.64. The van der Waals surface area contributed by atoms with Crippen LogP contribution in [0.3, 0.4) is 0 Å². The number of alkyl halides is 3. The Labute approximate surface area is 202 Å². The molecule has 0 aliphatic carbocycles. The van der Waals surface area contributed by atoms with E-state index in [1.54, 1.807) is 0 Å². The number of nitrogens with two attached hydrogens (primary N) is 1. The summed E-state index contributed by atoms with van der Waals surface area (Å²) in [5.41, 5.74) is 5.03. The Morgan fingerprint density at radius 1 is 1.21 bits per heavy atom. The summed E-state index contributed by atoms with van der Waals surface area (Å²) in [6.07, 6.45) is -2.92. The fourth-order valence-corrected chi connectivity index (χ4v) is 5.44. The van der Waals surface area contributed by atoms with Gasteiger partial charge in [-0.15, -0.1) is 0 Å². The van der Waals surface area contributed by atoms with Crippen molar-refractivity contribution in [2.45, 2.75) is 50.0 Å². The third-order valence-corrected chi connectivity index (χ3v) is 8.06. The lowest BCUT2D eigenvalue weighted by atomic mass is 10.0. The molecule has 0 bridgehead atoms. The first-order valence-electron chi connectivity index (χ1n) is 10.9. The first-order chi connectivity index (χ1) is 16.0. The predicted molar refractivity (Wildman–Crippen MR) is 124 cm³/mol. The van der Waals surface area contributed by atoms with Crippen LogP contribution in [0.1, 0.15) is 46.8 Å². The molecule has 11 heteroatoms. The van der Waals surface area contributed by atoms with Gasteiger partial charge in [-0.2, -0.15) is 13.2 Å². The van der Waals surface area contributed by atoms with Crippen LogP contribution in [0.15, 0.2) is 41.3 Å². The highest BCUT2D eigenvalue weighted by molar-refractivity contribution is 7.91. The Kier molecular flexibility index (Phi) is 8.28. The maximum absolute atomic E-state index is 13.8. The van der Waals surface area contributed by atoms with Crippen LogP contribution in [0.5, 0.6) is 0 Å². The summed E-state index contributed by atoms with van der Waals surface area (Å²) in [5.74, 6) is -0.897. The number of likely N-dealkylation sites (tertiary alicyclic amines) is 1. The van der Waals surface area contributed by atoms with E-state index in [9.17, 15) is 26.4 Å². The van der Waals surface area contributed by atoms with Crippen LogP contribution in [0.2, 0.25) is 5.02 Å².